The molecule has 0 atom stereocenters. The van der Waals surface area contributed by atoms with Gasteiger partial charge in [0, 0.05) is 9.13 Å². The minimum atomic E-state index is -0.271. The van der Waals surface area contributed by atoms with Crippen molar-refractivity contribution in [2.24, 2.45) is 5.10 Å². The van der Waals surface area contributed by atoms with Crippen molar-refractivity contribution < 1.29 is 14.3 Å². The van der Waals surface area contributed by atoms with Gasteiger partial charge < -0.3 is 9.47 Å². The number of rotatable bonds is 8. The number of nitrogens with one attached hydrogen (secondary N) is 1. The fourth-order valence-electron chi connectivity index (χ4n) is 3.47. The molecule has 0 spiro atoms. The molecule has 4 aromatic rings. The Labute approximate surface area is 220 Å². The standard InChI is InChI=1S/C27H22BrIN2O3/c1-2-33-25-15-18(16-30-31-27(32)20-10-12-22(29)13-11-20)14-24(28)26(25)34-17-21-8-5-7-19-6-3-4-9-23(19)21/h3-16H,2,17H2,1H3,(H,31,32)/b30-16-. The molecule has 1 amide bonds. The zero-order chi connectivity index (χ0) is 23.9. The fourth-order valence-corrected chi connectivity index (χ4v) is 4.40. The summed E-state index contributed by atoms with van der Waals surface area (Å²) in [5.41, 5.74) is 4.96. The summed E-state index contributed by atoms with van der Waals surface area (Å²) in [6, 6.07) is 25.4. The normalized spacial score (nSPS) is 11.0. The second kappa shape index (κ2) is 11.5. The van der Waals surface area contributed by atoms with Gasteiger partial charge >= 0.3 is 0 Å². The Balaban J connectivity index is 1.50. The first kappa shape index (κ1) is 24.2. The maximum absolute atomic E-state index is 12.3. The zero-order valence-corrected chi connectivity index (χ0v) is 22.2. The summed E-state index contributed by atoms with van der Waals surface area (Å²) >= 11 is 5.80. The SMILES string of the molecule is CCOc1cc(/C=N\NC(=O)c2ccc(I)cc2)cc(Br)c1OCc1cccc2ccccc12. The lowest BCUT2D eigenvalue weighted by atomic mass is 10.1. The molecule has 34 heavy (non-hydrogen) atoms. The van der Waals surface area contributed by atoms with Crippen molar-refractivity contribution in [2.45, 2.75) is 13.5 Å². The number of hydrogen-bond acceptors (Lipinski definition) is 4. The molecule has 0 saturated carbocycles. The minimum Gasteiger partial charge on any atom is -0.490 e. The minimum absolute atomic E-state index is 0.271. The van der Waals surface area contributed by atoms with Gasteiger partial charge in [-0.05, 0) is 104 Å². The third-order valence-corrected chi connectivity index (χ3v) is 6.38. The van der Waals surface area contributed by atoms with E-state index in [1.165, 1.54) is 5.39 Å². The van der Waals surface area contributed by atoms with E-state index in [4.69, 9.17) is 9.47 Å². The van der Waals surface area contributed by atoms with Crippen LogP contribution in [0.1, 0.15) is 28.4 Å². The molecule has 172 valence electrons. The zero-order valence-electron chi connectivity index (χ0n) is 18.4. The van der Waals surface area contributed by atoms with Crippen molar-refractivity contribution in [1.82, 2.24) is 5.43 Å². The highest BCUT2D eigenvalue weighted by Crippen LogP contribution is 2.37. The summed E-state index contributed by atoms with van der Waals surface area (Å²) in [5.74, 6) is 0.948. The third-order valence-electron chi connectivity index (χ3n) is 5.07. The predicted molar refractivity (Wildman–Crippen MR) is 148 cm³/mol. The number of ether oxygens (including phenoxy) is 2. The summed E-state index contributed by atoms with van der Waals surface area (Å²) in [4.78, 5) is 12.3. The highest BCUT2D eigenvalue weighted by molar-refractivity contribution is 14.1. The molecule has 0 aliphatic carbocycles. The largest absolute Gasteiger partial charge is 0.490 e. The van der Waals surface area contributed by atoms with E-state index in [2.05, 4.69) is 73.3 Å². The van der Waals surface area contributed by atoms with Crippen LogP contribution in [0.2, 0.25) is 0 Å². The third kappa shape index (κ3) is 5.95. The molecule has 0 unspecified atom stereocenters. The van der Waals surface area contributed by atoms with E-state index in [0.717, 1.165) is 24.6 Å². The van der Waals surface area contributed by atoms with Gasteiger partial charge in [-0.1, -0.05) is 42.5 Å². The van der Waals surface area contributed by atoms with E-state index in [1.54, 1.807) is 18.3 Å². The Hall–Kier alpha value is -2.91. The number of carbonyl (C=O) groups is 1. The van der Waals surface area contributed by atoms with Gasteiger partial charge in [0.25, 0.3) is 5.91 Å². The highest BCUT2D eigenvalue weighted by Gasteiger charge is 2.13. The lowest BCUT2D eigenvalue weighted by Gasteiger charge is -2.15. The number of amides is 1. The van der Waals surface area contributed by atoms with E-state index >= 15 is 0 Å². The maximum Gasteiger partial charge on any atom is 0.271 e. The lowest BCUT2D eigenvalue weighted by molar-refractivity contribution is 0.0955. The highest BCUT2D eigenvalue weighted by atomic mass is 127. The number of hydrogen-bond donors (Lipinski definition) is 1. The number of hydrazone groups is 1. The molecule has 0 radical (unpaired) electrons. The monoisotopic (exact) mass is 628 g/mol. The van der Waals surface area contributed by atoms with Crippen molar-refractivity contribution in [3.05, 3.63) is 104 Å². The molecule has 0 aliphatic rings. The molecule has 4 aromatic carbocycles. The quantitative estimate of drug-likeness (QED) is 0.131. The van der Waals surface area contributed by atoms with Crippen LogP contribution in [0, 0.1) is 3.57 Å². The number of nitrogens with zero attached hydrogens (tertiary/aromatic N) is 1. The van der Waals surface area contributed by atoms with Crippen LogP contribution in [0.15, 0.2) is 88.4 Å². The number of halogens is 2. The first-order valence-corrected chi connectivity index (χ1v) is 12.6. The van der Waals surface area contributed by atoms with Gasteiger partial charge in [0.2, 0.25) is 0 Å². The van der Waals surface area contributed by atoms with Gasteiger partial charge in [-0.3, -0.25) is 4.79 Å². The molecule has 4 rings (SSSR count). The number of fused-ring (bicyclic) bond motifs is 1. The number of benzene rings is 4. The van der Waals surface area contributed by atoms with E-state index in [0.29, 0.717) is 30.3 Å². The molecule has 0 aromatic heterocycles. The van der Waals surface area contributed by atoms with Gasteiger partial charge in [-0.25, -0.2) is 5.43 Å². The molecule has 0 fully saturated rings. The van der Waals surface area contributed by atoms with Crippen LogP contribution in [-0.4, -0.2) is 18.7 Å². The van der Waals surface area contributed by atoms with Crippen molar-refractivity contribution in [3.8, 4) is 11.5 Å². The van der Waals surface area contributed by atoms with Gasteiger partial charge in [0.1, 0.15) is 6.61 Å². The van der Waals surface area contributed by atoms with Crippen LogP contribution in [0.4, 0.5) is 0 Å². The average molecular weight is 629 g/mol. The van der Waals surface area contributed by atoms with Gasteiger partial charge in [-0.15, -0.1) is 0 Å². The van der Waals surface area contributed by atoms with Gasteiger partial charge in [0.05, 0.1) is 17.3 Å². The Morgan fingerprint density at radius 3 is 2.59 bits per heavy atom. The smallest absolute Gasteiger partial charge is 0.271 e. The Bertz CT molecular complexity index is 1330. The van der Waals surface area contributed by atoms with E-state index in [9.17, 15) is 4.79 Å². The van der Waals surface area contributed by atoms with Crippen LogP contribution in [0.5, 0.6) is 11.5 Å². The first-order chi connectivity index (χ1) is 16.5. The van der Waals surface area contributed by atoms with Gasteiger partial charge in [0.15, 0.2) is 11.5 Å². The summed E-state index contributed by atoms with van der Waals surface area (Å²) < 4.78 is 13.8. The maximum atomic E-state index is 12.3. The van der Waals surface area contributed by atoms with Gasteiger partial charge in [-0.2, -0.15) is 5.10 Å². The molecule has 0 aliphatic heterocycles. The first-order valence-electron chi connectivity index (χ1n) is 10.7. The van der Waals surface area contributed by atoms with Crippen molar-refractivity contribution >= 4 is 61.4 Å². The second-order valence-corrected chi connectivity index (χ2v) is 9.50. The van der Waals surface area contributed by atoms with E-state index < -0.39 is 0 Å². The van der Waals surface area contributed by atoms with Crippen LogP contribution >= 0.6 is 38.5 Å². The molecule has 5 nitrogen and oxygen atoms in total. The molecule has 7 heteroatoms. The molecule has 0 bridgehead atoms. The van der Waals surface area contributed by atoms with E-state index in [-0.39, 0.29) is 5.91 Å². The topological polar surface area (TPSA) is 59.9 Å². The summed E-state index contributed by atoms with van der Waals surface area (Å²) in [5, 5.41) is 6.43. The fraction of sp³-hybridized carbons (Fsp3) is 0.111. The molecule has 0 heterocycles. The molecular weight excluding hydrogens is 607 g/mol. The van der Waals surface area contributed by atoms with E-state index in [1.807, 2.05) is 49.4 Å². The lowest BCUT2D eigenvalue weighted by Crippen LogP contribution is -2.17. The summed E-state index contributed by atoms with van der Waals surface area (Å²) in [6.45, 7) is 2.81. The summed E-state index contributed by atoms with van der Waals surface area (Å²) in [6.07, 6.45) is 1.58. The summed E-state index contributed by atoms with van der Waals surface area (Å²) in [7, 11) is 0. The van der Waals surface area contributed by atoms with Crippen LogP contribution in [0.3, 0.4) is 0 Å². The molecule has 1 N–H and O–H groups in total. The molecule has 0 saturated heterocycles. The van der Waals surface area contributed by atoms with Crippen LogP contribution in [-0.2, 0) is 6.61 Å². The molecular formula is C27H22BrIN2O3. The second-order valence-electron chi connectivity index (χ2n) is 7.40. The average Bonchev–Trinajstić information content (AvgIpc) is 2.84. The van der Waals surface area contributed by atoms with Crippen molar-refractivity contribution in [2.75, 3.05) is 6.61 Å². The Morgan fingerprint density at radius 1 is 1.03 bits per heavy atom. The van der Waals surface area contributed by atoms with Crippen molar-refractivity contribution in [1.29, 1.82) is 0 Å². The van der Waals surface area contributed by atoms with Crippen LogP contribution < -0.4 is 14.9 Å². The predicted octanol–water partition coefficient (Wildman–Crippen LogP) is 6.95. The Kier molecular flexibility index (Phi) is 8.18. The number of carbonyl (C=O) groups excluding carboxylic acids is 1. The Morgan fingerprint density at radius 2 is 1.79 bits per heavy atom. The van der Waals surface area contributed by atoms with Crippen LogP contribution in [0.25, 0.3) is 10.8 Å². The van der Waals surface area contributed by atoms with Crippen molar-refractivity contribution in [3.63, 3.8) is 0 Å².